The highest BCUT2D eigenvalue weighted by molar-refractivity contribution is 5.69. The number of benzene rings is 1. The van der Waals surface area contributed by atoms with Crippen LogP contribution in [0.4, 0.5) is 0 Å². The number of hydrogen-bond donors (Lipinski definition) is 1. The monoisotopic (exact) mass is 395 g/mol. The molecule has 0 radical (unpaired) electrons. The predicted molar refractivity (Wildman–Crippen MR) is 113 cm³/mol. The summed E-state index contributed by atoms with van der Waals surface area (Å²) in [5, 5.41) is 8.89. The summed E-state index contributed by atoms with van der Waals surface area (Å²) in [5.74, 6) is 2.09. The number of rotatable bonds is 9. The van der Waals surface area contributed by atoms with Crippen molar-refractivity contribution >= 4 is 11.5 Å². The van der Waals surface area contributed by atoms with E-state index in [1.807, 2.05) is 25.1 Å². The van der Waals surface area contributed by atoms with Crippen LogP contribution in [0.25, 0.3) is 5.57 Å². The Hall–Kier alpha value is -2.82. The van der Waals surface area contributed by atoms with Crippen LogP contribution in [-0.4, -0.2) is 22.7 Å². The number of aryl methyl sites for hydroxylation is 3. The van der Waals surface area contributed by atoms with Crippen LogP contribution in [-0.2, 0) is 24.1 Å². The summed E-state index contributed by atoms with van der Waals surface area (Å²) in [7, 11) is 0. The number of carboxylic acids is 1. The molecule has 1 aliphatic rings. The molecule has 0 saturated carbocycles. The fraction of sp³-hybridized carbons (Fsp3) is 0.417. The molecule has 5 heteroatoms. The van der Waals surface area contributed by atoms with Crippen LogP contribution in [0, 0.1) is 12.8 Å². The smallest absolute Gasteiger partial charge is 0.303 e. The van der Waals surface area contributed by atoms with Crippen molar-refractivity contribution in [1.82, 2.24) is 4.98 Å². The van der Waals surface area contributed by atoms with Gasteiger partial charge in [0.25, 0.3) is 0 Å². The Labute approximate surface area is 172 Å². The van der Waals surface area contributed by atoms with Crippen LogP contribution in [0.5, 0.6) is 5.75 Å². The average molecular weight is 395 g/mol. The number of nitrogens with zero attached hydrogens (tertiary/aromatic N) is 1. The van der Waals surface area contributed by atoms with E-state index >= 15 is 0 Å². The fourth-order valence-electron chi connectivity index (χ4n) is 3.44. The summed E-state index contributed by atoms with van der Waals surface area (Å²) in [5.41, 5.74) is 4.17. The van der Waals surface area contributed by atoms with Gasteiger partial charge < -0.3 is 14.3 Å². The number of allylic oxidation sites excluding steroid dienone is 4. The molecule has 3 rings (SSSR count). The number of carboxylic acid groups (broad SMARTS) is 1. The van der Waals surface area contributed by atoms with E-state index in [4.69, 9.17) is 14.3 Å². The molecule has 2 aromatic rings. The molecule has 0 bridgehead atoms. The third-order valence-electron chi connectivity index (χ3n) is 5.23. The number of aromatic nitrogens is 1. The van der Waals surface area contributed by atoms with Gasteiger partial charge in [-0.25, -0.2) is 4.98 Å². The molecule has 0 spiro atoms. The van der Waals surface area contributed by atoms with Crippen molar-refractivity contribution in [2.75, 3.05) is 6.61 Å². The maximum Gasteiger partial charge on any atom is 0.303 e. The van der Waals surface area contributed by atoms with Gasteiger partial charge in [0.2, 0.25) is 5.89 Å². The molecule has 1 unspecified atom stereocenters. The molecule has 5 nitrogen and oxygen atoms in total. The van der Waals surface area contributed by atoms with E-state index in [0.717, 1.165) is 46.7 Å². The Bertz CT molecular complexity index is 923. The van der Waals surface area contributed by atoms with Gasteiger partial charge in [0.1, 0.15) is 11.5 Å². The molecule has 1 aliphatic carbocycles. The molecule has 1 heterocycles. The number of ether oxygens (including phenoxy) is 1. The minimum Gasteiger partial charge on any atom is -0.493 e. The topological polar surface area (TPSA) is 72.6 Å². The molecule has 1 aromatic heterocycles. The van der Waals surface area contributed by atoms with E-state index in [0.29, 0.717) is 31.3 Å². The van der Waals surface area contributed by atoms with Crippen molar-refractivity contribution in [3.8, 4) is 5.75 Å². The van der Waals surface area contributed by atoms with E-state index in [1.54, 1.807) is 0 Å². The van der Waals surface area contributed by atoms with Gasteiger partial charge in [-0.15, -0.1) is 0 Å². The maximum absolute atomic E-state index is 10.8. The Kier molecular flexibility index (Phi) is 6.91. The summed E-state index contributed by atoms with van der Waals surface area (Å²) in [6.45, 7) is 6.71. The van der Waals surface area contributed by atoms with Crippen LogP contribution in [0.3, 0.4) is 0 Å². The van der Waals surface area contributed by atoms with Gasteiger partial charge in [-0.2, -0.15) is 0 Å². The van der Waals surface area contributed by atoms with E-state index in [2.05, 4.69) is 37.1 Å². The zero-order valence-electron chi connectivity index (χ0n) is 17.4. The highest BCUT2D eigenvalue weighted by Crippen LogP contribution is 2.25. The Balaban J connectivity index is 1.59. The molecule has 1 N–H and O–H groups in total. The van der Waals surface area contributed by atoms with Gasteiger partial charge >= 0.3 is 5.97 Å². The summed E-state index contributed by atoms with van der Waals surface area (Å²) >= 11 is 0. The third kappa shape index (κ3) is 5.59. The molecular formula is C24H29NO4. The Morgan fingerprint density at radius 3 is 2.83 bits per heavy atom. The first kappa shape index (κ1) is 20.9. The first-order chi connectivity index (χ1) is 14.0. The second-order valence-electron chi connectivity index (χ2n) is 7.53. The number of carbonyl (C=O) groups is 1. The van der Waals surface area contributed by atoms with E-state index in [1.165, 1.54) is 0 Å². The summed E-state index contributed by atoms with van der Waals surface area (Å²) in [6, 6.07) is 5.90. The minimum atomic E-state index is -0.774. The summed E-state index contributed by atoms with van der Waals surface area (Å²) in [6.07, 6.45) is 9.65. The standard InChI is InChI=1S/C24H29NO4/c1-4-18-15-21(11-9-19(18)10-12-23(26)27)28-14-13-22-17(3)29-24(25-22)20-7-5-16(2)6-8-20/h5,7-9,11,15-16H,4,6,10,12-14H2,1-3H3,(H,26,27). The molecule has 0 aliphatic heterocycles. The largest absolute Gasteiger partial charge is 0.493 e. The Morgan fingerprint density at radius 1 is 1.31 bits per heavy atom. The lowest BCUT2D eigenvalue weighted by atomic mass is 9.99. The molecular weight excluding hydrogens is 366 g/mol. The second kappa shape index (κ2) is 9.59. The van der Waals surface area contributed by atoms with Crippen molar-refractivity contribution in [2.45, 2.75) is 52.9 Å². The third-order valence-corrected chi connectivity index (χ3v) is 5.23. The molecule has 0 saturated heterocycles. The first-order valence-electron chi connectivity index (χ1n) is 10.3. The van der Waals surface area contributed by atoms with E-state index in [9.17, 15) is 4.79 Å². The van der Waals surface area contributed by atoms with Crippen molar-refractivity contribution in [2.24, 2.45) is 5.92 Å². The van der Waals surface area contributed by atoms with Crippen molar-refractivity contribution in [3.63, 3.8) is 0 Å². The van der Waals surface area contributed by atoms with Gasteiger partial charge in [-0.1, -0.05) is 38.1 Å². The zero-order chi connectivity index (χ0) is 20.8. The number of aliphatic carboxylic acids is 1. The molecule has 1 atom stereocenters. The second-order valence-corrected chi connectivity index (χ2v) is 7.53. The average Bonchev–Trinajstić information content (AvgIpc) is 3.07. The highest BCUT2D eigenvalue weighted by Gasteiger charge is 2.14. The van der Waals surface area contributed by atoms with Crippen molar-refractivity contribution in [1.29, 1.82) is 0 Å². The van der Waals surface area contributed by atoms with Crippen molar-refractivity contribution < 1.29 is 19.1 Å². The van der Waals surface area contributed by atoms with Gasteiger partial charge in [-0.05, 0) is 55.4 Å². The minimum absolute atomic E-state index is 0.144. The zero-order valence-corrected chi connectivity index (χ0v) is 17.4. The van der Waals surface area contributed by atoms with Crippen LogP contribution in [0.1, 0.15) is 55.2 Å². The highest BCUT2D eigenvalue weighted by atomic mass is 16.5. The molecule has 0 fully saturated rings. The lowest BCUT2D eigenvalue weighted by Gasteiger charge is -2.11. The Morgan fingerprint density at radius 2 is 2.14 bits per heavy atom. The van der Waals surface area contributed by atoms with Crippen LogP contribution in [0.2, 0.25) is 0 Å². The van der Waals surface area contributed by atoms with E-state index in [-0.39, 0.29) is 6.42 Å². The number of oxazole rings is 1. The maximum atomic E-state index is 10.8. The van der Waals surface area contributed by atoms with E-state index < -0.39 is 5.97 Å². The predicted octanol–water partition coefficient (Wildman–Crippen LogP) is 5.16. The van der Waals surface area contributed by atoms with Crippen LogP contribution in [0.15, 0.2) is 40.8 Å². The van der Waals surface area contributed by atoms with Gasteiger partial charge in [0.15, 0.2) is 0 Å². The van der Waals surface area contributed by atoms with Gasteiger partial charge in [-0.3, -0.25) is 4.79 Å². The van der Waals surface area contributed by atoms with Crippen LogP contribution < -0.4 is 4.74 Å². The lowest BCUT2D eigenvalue weighted by molar-refractivity contribution is -0.136. The molecule has 1 aromatic carbocycles. The van der Waals surface area contributed by atoms with Crippen LogP contribution >= 0.6 is 0 Å². The van der Waals surface area contributed by atoms with Crippen molar-refractivity contribution in [3.05, 3.63) is 64.9 Å². The first-order valence-corrected chi connectivity index (χ1v) is 10.3. The summed E-state index contributed by atoms with van der Waals surface area (Å²) < 4.78 is 11.8. The summed E-state index contributed by atoms with van der Waals surface area (Å²) in [4.78, 5) is 15.5. The molecule has 29 heavy (non-hydrogen) atoms. The normalized spacial score (nSPS) is 16.0. The number of hydrogen-bond acceptors (Lipinski definition) is 4. The lowest BCUT2D eigenvalue weighted by Crippen LogP contribution is -2.05. The SMILES string of the molecule is CCc1cc(OCCc2nc(C3=CCC(C)C=C3)oc2C)ccc1CCC(=O)O. The fourth-order valence-corrected chi connectivity index (χ4v) is 3.44. The van der Waals surface area contributed by atoms with Gasteiger partial charge in [0.05, 0.1) is 12.3 Å². The molecule has 0 amide bonds. The van der Waals surface area contributed by atoms with Gasteiger partial charge in [0, 0.05) is 18.4 Å². The molecule has 154 valence electrons. The quantitative estimate of drug-likeness (QED) is 0.635.